The molecule has 134 valence electrons. The molecule has 0 atom stereocenters. The summed E-state index contributed by atoms with van der Waals surface area (Å²) >= 11 is 6.34. The molecule has 0 saturated heterocycles. The molecule has 0 bridgehead atoms. The molecule has 1 aromatic heterocycles. The monoisotopic (exact) mass is 367 g/mol. The Labute approximate surface area is 158 Å². The fraction of sp³-hybridized carbons (Fsp3) is 0.238. The average Bonchev–Trinajstić information content (AvgIpc) is 3.04. The Morgan fingerprint density at radius 1 is 1.19 bits per heavy atom. The summed E-state index contributed by atoms with van der Waals surface area (Å²) in [6.45, 7) is 2.73. The molecule has 0 radical (unpaired) electrons. The number of rotatable bonds is 7. The van der Waals surface area contributed by atoms with Crippen LogP contribution in [0.5, 0.6) is 0 Å². The maximum atomic E-state index is 11.2. The molecule has 0 fully saturated rings. The summed E-state index contributed by atoms with van der Waals surface area (Å²) in [7, 11) is 0. The van der Waals surface area contributed by atoms with Crippen molar-refractivity contribution in [3.8, 4) is 11.3 Å². The van der Waals surface area contributed by atoms with Crippen molar-refractivity contribution in [3.63, 3.8) is 0 Å². The van der Waals surface area contributed by atoms with E-state index < -0.39 is 5.97 Å². The first-order chi connectivity index (χ1) is 12.6. The lowest BCUT2D eigenvalue weighted by molar-refractivity contribution is -0.255. The first-order valence-electron chi connectivity index (χ1n) is 8.69. The van der Waals surface area contributed by atoms with Crippen LogP contribution < -0.4 is 5.11 Å². The van der Waals surface area contributed by atoms with Crippen LogP contribution in [-0.4, -0.2) is 15.5 Å². The Hall–Kier alpha value is -2.59. The molecule has 3 aromatic rings. The predicted octanol–water partition coefficient (Wildman–Crippen LogP) is 3.96. The minimum atomic E-state index is -1.18. The highest BCUT2D eigenvalue weighted by atomic mass is 35.5. The van der Waals surface area contributed by atoms with Gasteiger partial charge in [0, 0.05) is 17.0 Å². The number of nitrogens with zero attached hydrogens (tertiary/aromatic N) is 2. The number of hydrogen-bond donors (Lipinski definition) is 0. The van der Waals surface area contributed by atoms with Gasteiger partial charge >= 0.3 is 0 Å². The third kappa shape index (κ3) is 3.97. The number of hydrogen-bond acceptors (Lipinski definition) is 3. The summed E-state index contributed by atoms with van der Waals surface area (Å²) in [5.74, 6) is -0.212. The first-order valence-corrected chi connectivity index (χ1v) is 9.07. The molecular weight excluding hydrogens is 348 g/mol. The highest BCUT2D eigenvalue weighted by molar-refractivity contribution is 6.31. The maximum Gasteiger partial charge on any atom is 0.109 e. The van der Waals surface area contributed by atoms with Crippen LogP contribution in [0.3, 0.4) is 0 Å². The molecule has 5 heteroatoms. The van der Waals surface area contributed by atoms with Gasteiger partial charge in [-0.25, -0.2) is 4.98 Å². The van der Waals surface area contributed by atoms with Crippen molar-refractivity contribution in [1.82, 2.24) is 9.55 Å². The van der Waals surface area contributed by atoms with Crippen LogP contribution in [0.15, 0.2) is 54.7 Å². The van der Waals surface area contributed by atoms with Gasteiger partial charge in [0.15, 0.2) is 0 Å². The predicted molar refractivity (Wildman–Crippen MR) is 101 cm³/mol. The molecule has 0 aliphatic heterocycles. The van der Waals surface area contributed by atoms with E-state index >= 15 is 0 Å². The largest absolute Gasteiger partial charge is 0.545 e. The van der Waals surface area contributed by atoms with Gasteiger partial charge in [-0.2, -0.15) is 0 Å². The summed E-state index contributed by atoms with van der Waals surface area (Å²) in [5.41, 5.74) is 2.83. The summed E-state index contributed by atoms with van der Waals surface area (Å²) < 4.78 is 2.12. The Morgan fingerprint density at radius 3 is 2.73 bits per heavy atom. The van der Waals surface area contributed by atoms with Crippen molar-refractivity contribution < 1.29 is 9.90 Å². The van der Waals surface area contributed by atoms with Crippen molar-refractivity contribution >= 4 is 17.6 Å². The van der Waals surface area contributed by atoms with E-state index in [1.807, 2.05) is 30.3 Å². The van der Waals surface area contributed by atoms with E-state index in [1.54, 1.807) is 18.3 Å². The van der Waals surface area contributed by atoms with Crippen LogP contribution in [0.25, 0.3) is 11.3 Å². The third-order valence-corrected chi connectivity index (χ3v) is 4.74. The van der Waals surface area contributed by atoms with Gasteiger partial charge in [-0.1, -0.05) is 61.3 Å². The zero-order chi connectivity index (χ0) is 18.5. The van der Waals surface area contributed by atoms with Gasteiger partial charge in [-0.05, 0) is 29.7 Å². The van der Waals surface area contributed by atoms with E-state index in [0.29, 0.717) is 11.6 Å². The van der Waals surface area contributed by atoms with Gasteiger partial charge in [0.2, 0.25) is 0 Å². The van der Waals surface area contributed by atoms with Gasteiger partial charge in [0.1, 0.15) is 5.82 Å². The van der Waals surface area contributed by atoms with E-state index in [4.69, 9.17) is 11.6 Å². The van der Waals surface area contributed by atoms with Crippen LogP contribution in [0.1, 0.15) is 41.5 Å². The van der Waals surface area contributed by atoms with Gasteiger partial charge in [-0.3, -0.25) is 0 Å². The molecule has 1 heterocycles. The van der Waals surface area contributed by atoms with Gasteiger partial charge in [-0.15, -0.1) is 0 Å². The average molecular weight is 368 g/mol. The molecule has 3 rings (SSSR count). The fourth-order valence-corrected chi connectivity index (χ4v) is 3.15. The Bertz CT molecular complexity index is 918. The van der Waals surface area contributed by atoms with Crippen LogP contribution in [0.2, 0.25) is 5.02 Å². The summed E-state index contributed by atoms with van der Waals surface area (Å²) in [6.07, 6.45) is 4.78. The SMILES string of the molecule is CCCCc1ncc(-c2cccc(C(=O)[O-])c2)n1Cc1ccccc1Cl. The lowest BCUT2D eigenvalue weighted by atomic mass is 10.1. The van der Waals surface area contributed by atoms with Gasteiger partial charge in [0.25, 0.3) is 0 Å². The number of imidazole rings is 1. The Kier molecular flexibility index (Phi) is 5.74. The zero-order valence-electron chi connectivity index (χ0n) is 14.6. The summed E-state index contributed by atoms with van der Waals surface area (Å²) in [6, 6.07) is 14.5. The lowest BCUT2D eigenvalue weighted by Crippen LogP contribution is -2.22. The fourth-order valence-electron chi connectivity index (χ4n) is 2.96. The number of carboxylic acid groups (broad SMARTS) is 1. The van der Waals surface area contributed by atoms with Crippen molar-refractivity contribution in [2.75, 3.05) is 0 Å². The molecular formula is C21H20ClN2O2-. The molecule has 4 nitrogen and oxygen atoms in total. The van der Waals surface area contributed by atoms with Crippen molar-refractivity contribution in [3.05, 3.63) is 76.7 Å². The number of aromatic nitrogens is 2. The van der Waals surface area contributed by atoms with Crippen molar-refractivity contribution in [2.24, 2.45) is 0 Å². The standard InChI is InChI=1S/C21H21ClN2O2/c1-2-3-11-20-23-13-19(15-8-6-9-16(12-15)21(25)26)24(20)14-17-7-4-5-10-18(17)22/h4-10,12-13H,2-3,11,14H2,1H3,(H,25,26)/p-1. The maximum absolute atomic E-state index is 11.2. The minimum Gasteiger partial charge on any atom is -0.545 e. The van der Waals surface area contributed by atoms with Crippen molar-refractivity contribution in [2.45, 2.75) is 32.7 Å². The second kappa shape index (κ2) is 8.19. The molecule has 0 aliphatic rings. The number of halogens is 1. The molecule has 0 saturated carbocycles. The number of aryl methyl sites for hydroxylation is 1. The molecule has 0 spiro atoms. The quantitative estimate of drug-likeness (QED) is 0.635. The lowest BCUT2D eigenvalue weighted by Gasteiger charge is -2.14. The van der Waals surface area contributed by atoms with Gasteiger partial charge in [0.05, 0.1) is 24.4 Å². The molecule has 0 amide bonds. The topological polar surface area (TPSA) is 57.9 Å². The molecule has 2 aromatic carbocycles. The molecule has 0 N–H and O–H groups in total. The minimum absolute atomic E-state index is 0.156. The third-order valence-electron chi connectivity index (χ3n) is 4.37. The summed E-state index contributed by atoms with van der Waals surface area (Å²) in [5, 5.41) is 11.9. The van der Waals surface area contributed by atoms with Crippen LogP contribution in [0.4, 0.5) is 0 Å². The second-order valence-electron chi connectivity index (χ2n) is 6.21. The first kappa shape index (κ1) is 18.2. The second-order valence-corrected chi connectivity index (χ2v) is 6.62. The normalized spacial score (nSPS) is 10.8. The van der Waals surface area contributed by atoms with E-state index in [1.165, 1.54) is 6.07 Å². The number of aromatic carboxylic acids is 1. The van der Waals surface area contributed by atoms with Crippen LogP contribution in [0, 0.1) is 0 Å². The van der Waals surface area contributed by atoms with Crippen molar-refractivity contribution in [1.29, 1.82) is 0 Å². The molecule has 0 unspecified atom stereocenters. The smallest absolute Gasteiger partial charge is 0.109 e. The highest BCUT2D eigenvalue weighted by Crippen LogP contribution is 2.26. The number of benzene rings is 2. The number of carbonyl (C=O) groups excluding carboxylic acids is 1. The van der Waals surface area contributed by atoms with E-state index in [-0.39, 0.29) is 5.56 Å². The van der Waals surface area contributed by atoms with E-state index in [9.17, 15) is 9.90 Å². The number of carboxylic acids is 1. The molecule has 26 heavy (non-hydrogen) atoms. The number of carbonyl (C=O) groups is 1. The van der Waals surface area contributed by atoms with Crippen LogP contribution in [-0.2, 0) is 13.0 Å². The Balaban J connectivity index is 2.05. The van der Waals surface area contributed by atoms with Crippen LogP contribution >= 0.6 is 11.6 Å². The van der Waals surface area contributed by atoms with E-state index in [0.717, 1.165) is 41.9 Å². The summed E-state index contributed by atoms with van der Waals surface area (Å²) in [4.78, 5) is 15.8. The highest BCUT2D eigenvalue weighted by Gasteiger charge is 2.14. The van der Waals surface area contributed by atoms with E-state index in [2.05, 4.69) is 16.5 Å². The van der Waals surface area contributed by atoms with Gasteiger partial charge < -0.3 is 14.5 Å². The number of unbranched alkanes of at least 4 members (excludes halogenated alkanes) is 1. The zero-order valence-corrected chi connectivity index (χ0v) is 15.4. The molecule has 0 aliphatic carbocycles. The Morgan fingerprint density at radius 2 is 2.00 bits per heavy atom.